The number of nitriles is 1. The van der Waals surface area contributed by atoms with Gasteiger partial charge in [0.05, 0.1) is 10.6 Å². The van der Waals surface area contributed by atoms with Crippen LogP contribution in [0.1, 0.15) is 74.9 Å². The zero-order chi connectivity index (χ0) is 29.2. The van der Waals surface area contributed by atoms with Gasteiger partial charge < -0.3 is 20.3 Å². The van der Waals surface area contributed by atoms with Crippen LogP contribution in [0.4, 0.5) is 0 Å². The first-order valence-electron chi connectivity index (χ1n) is 14.8. The molecule has 0 unspecified atom stereocenters. The number of amides is 1. The lowest BCUT2D eigenvalue weighted by atomic mass is 9.49. The highest BCUT2D eigenvalue weighted by molar-refractivity contribution is 6.31. The van der Waals surface area contributed by atoms with Crippen molar-refractivity contribution in [3.05, 3.63) is 64.2 Å². The fourth-order valence-corrected chi connectivity index (χ4v) is 7.49. The molecule has 2 heterocycles. The van der Waals surface area contributed by atoms with Crippen LogP contribution in [0.25, 0.3) is 0 Å². The first kappa shape index (κ1) is 29.5. The molecule has 2 aromatic rings. The largest absolute Gasteiger partial charge is 0.489 e. The van der Waals surface area contributed by atoms with E-state index in [2.05, 4.69) is 61.1 Å². The second-order valence-corrected chi connectivity index (χ2v) is 13.3. The quantitative estimate of drug-likeness (QED) is 0.454. The summed E-state index contributed by atoms with van der Waals surface area (Å²) < 4.78 is 6.34. The lowest BCUT2D eigenvalue weighted by molar-refractivity contribution is -0.164. The van der Waals surface area contributed by atoms with Crippen LogP contribution in [0, 0.1) is 39.9 Å². The second kappa shape index (κ2) is 12.1. The molecule has 7 heteroatoms. The van der Waals surface area contributed by atoms with Crippen molar-refractivity contribution in [2.75, 3.05) is 26.2 Å². The standard InChI is InChI=1S/C34H41ClN4O2/c1-33(2)31(34(3,4)32(33)41-28-12-11-26(22-36)29(35)21-28)38-30(40)25-9-7-23(8-10-25)5-6-24-15-19-39(20-16-24)27-13-17-37-18-14-27/h7-12,21,24,27,31-32,37H,13-20H2,1-4H3,(H,38,40). The molecule has 6 nitrogen and oxygen atoms in total. The predicted octanol–water partition coefficient (Wildman–Crippen LogP) is 5.64. The molecule has 1 amide bonds. The SMILES string of the molecule is CC1(C)C(NC(=O)c2ccc(C#CC3CCN(C4CCNCC4)CC3)cc2)C(C)(C)C1Oc1ccc(C#N)c(Cl)c1. The third kappa shape index (κ3) is 6.26. The number of hydrogen-bond acceptors (Lipinski definition) is 5. The van der Waals surface area contributed by atoms with Gasteiger partial charge in [-0.25, -0.2) is 0 Å². The second-order valence-electron chi connectivity index (χ2n) is 12.9. The maximum Gasteiger partial charge on any atom is 0.251 e. The van der Waals surface area contributed by atoms with Crippen LogP contribution in [0.2, 0.25) is 5.02 Å². The van der Waals surface area contributed by atoms with Crippen LogP contribution >= 0.6 is 11.6 Å². The molecule has 0 atom stereocenters. The summed E-state index contributed by atoms with van der Waals surface area (Å²) in [6.07, 6.45) is 4.64. The van der Waals surface area contributed by atoms with E-state index in [0.29, 0.717) is 27.8 Å². The van der Waals surface area contributed by atoms with Crippen molar-refractivity contribution in [3.63, 3.8) is 0 Å². The first-order chi connectivity index (χ1) is 19.6. The average Bonchev–Trinajstić information content (AvgIpc) is 2.98. The minimum absolute atomic E-state index is 0.0865. The minimum Gasteiger partial charge on any atom is -0.489 e. The van der Waals surface area contributed by atoms with Gasteiger partial charge in [0, 0.05) is 46.0 Å². The highest BCUT2D eigenvalue weighted by Crippen LogP contribution is 2.55. The smallest absolute Gasteiger partial charge is 0.251 e. The molecule has 0 spiro atoms. The average molecular weight is 573 g/mol. The van der Waals surface area contributed by atoms with E-state index in [-0.39, 0.29) is 28.9 Å². The van der Waals surface area contributed by atoms with Crippen LogP contribution in [-0.4, -0.2) is 55.2 Å². The Bertz CT molecular complexity index is 1340. The summed E-state index contributed by atoms with van der Waals surface area (Å²) in [4.78, 5) is 15.9. The molecule has 0 aromatic heterocycles. The van der Waals surface area contributed by atoms with Crippen molar-refractivity contribution >= 4 is 17.5 Å². The predicted molar refractivity (Wildman–Crippen MR) is 163 cm³/mol. The van der Waals surface area contributed by atoms with Gasteiger partial charge in [0.2, 0.25) is 0 Å². The van der Waals surface area contributed by atoms with Crippen molar-refractivity contribution in [1.29, 1.82) is 5.26 Å². The molecule has 0 radical (unpaired) electrons. The molecule has 1 saturated carbocycles. The van der Waals surface area contributed by atoms with E-state index in [0.717, 1.165) is 50.6 Å². The molecule has 2 aromatic carbocycles. The van der Waals surface area contributed by atoms with Crippen molar-refractivity contribution in [2.45, 2.75) is 71.6 Å². The van der Waals surface area contributed by atoms with E-state index in [9.17, 15) is 4.79 Å². The Balaban J connectivity index is 1.15. The van der Waals surface area contributed by atoms with E-state index in [1.807, 2.05) is 24.3 Å². The van der Waals surface area contributed by atoms with Crippen molar-refractivity contribution in [2.24, 2.45) is 16.7 Å². The van der Waals surface area contributed by atoms with Gasteiger partial charge in [-0.2, -0.15) is 5.26 Å². The summed E-state index contributed by atoms with van der Waals surface area (Å²) in [6, 6.07) is 15.5. The summed E-state index contributed by atoms with van der Waals surface area (Å²) in [5.74, 6) is 7.80. The normalized spacial score (nSPS) is 24.3. The molecule has 3 aliphatic rings. The van der Waals surface area contributed by atoms with Crippen LogP contribution in [0.5, 0.6) is 5.75 Å². The summed E-state index contributed by atoms with van der Waals surface area (Å²) in [5, 5.41) is 16.2. The molecule has 41 heavy (non-hydrogen) atoms. The number of rotatable bonds is 5. The molecular weight excluding hydrogens is 532 g/mol. The van der Waals surface area contributed by atoms with Gasteiger partial charge in [0.15, 0.2) is 0 Å². The van der Waals surface area contributed by atoms with Gasteiger partial charge in [-0.1, -0.05) is 51.1 Å². The molecule has 3 fully saturated rings. The van der Waals surface area contributed by atoms with Gasteiger partial charge in [0.25, 0.3) is 5.91 Å². The van der Waals surface area contributed by atoms with Crippen molar-refractivity contribution in [1.82, 2.24) is 15.5 Å². The molecule has 5 rings (SSSR count). The number of carbonyl (C=O) groups is 1. The number of nitrogens with zero attached hydrogens (tertiary/aromatic N) is 2. The van der Waals surface area contributed by atoms with Gasteiger partial charge in [-0.05, 0) is 88.3 Å². The number of halogens is 1. The third-order valence-electron chi connectivity index (χ3n) is 9.35. The fourth-order valence-electron chi connectivity index (χ4n) is 7.28. The van der Waals surface area contributed by atoms with Crippen molar-refractivity contribution < 1.29 is 9.53 Å². The van der Waals surface area contributed by atoms with E-state index in [1.54, 1.807) is 18.2 Å². The molecule has 216 valence electrons. The maximum absolute atomic E-state index is 13.2. The minimum atomic E-state index is -0.311. The van der Waals surface area contributed by atoms with E-state index in [4.69, 9.17) is 21.6 Å². The number of ether oxygens (including phenoxy) is 1. The number of benzene rings is 2. The maximum atomic E-state index is 13.2. The molecule has 2 aliphatic heterocycles. The molecule has 1 aliphatic carbocycles. The highest BCUT2D eigenvalue weighted by atomic mass is 35.5. The highest BCUT2D eigenvalue weighted by Gasteiger charge is 2.64. The van der Waals surface area contributed by atoms with E-state index in [1.165, 1.54) is 12.8 Å². The Hall–Kier alpha value is -3.03. The zero-order valence-electron chi connectivity index (χ0n) is 24.6. The lowest BCUT2D eigenvalue weighted by Gasteiger charge is -2.63. The number of piperidine rings is 2. The number of nitrogens with one attached hydrogen (secondary N) is 2. The molecule has 2 N–H and O–H groups in total. The monoisotopic (exact) mass is 572 g/mol. The van der Waals surface area contributed by atoms with Crippen LogP contribution < -0.4 is 15.4 Å². The number of carbonyl (C=O) groups excluding carboxylic acids is 1. The first-order valence-corrected chi connectivity index (χ1v) is 15.2. The third-order valence-corrected chi connectivity index (χ3v) is 9.66. The Morgan fingerprint density at radius 3 is 2.29 bits per heavy atom. The Morgan fingerprint density at radius 1 is 1.02 bits per heavy atom. The Morgan fingerprint density at radius 2 is 1.68 bits per heavy atom. The van der Waals surface area contributed by atoms with Crippen LogP contribution in [0.15, 0.2) is 42.5 Å². The van der Waals surface area contributed by atoms with Gasteiger partial charge >= 0.3 is 0 Å². The number of likely N-dealkylation sites (tertiary alicyclic amines) is 1. The topological polar surface area (TPSA) is 77.4 Å². The lowest BCUT2D eigenvalue weighted by Crippen LogP contribution is -2.74. The van der Waals surface area contributed by atoms with E-state index >= 15 is 0 Å². The number of hydrogen-bond donors (Lipinski definition) is 2. The summed E-state index contributed by atoms with van der Waals surface area (Å²) in [6.45, 7) is 13.0. The van der Waals surface area contributed by atoms with Crippen molar-refractivity contribution in [3.8, 4) is 23.7 Å². The Labute approximate surface area is 249 Å². The molecule has 0 bridgehead atoms. The van der Waals surface area contributed by atoms with Gasteiger partial charge in [-0.3, -0.25) is 4.79 Å². The summed E-state index contributed by atoms with van der Waals surface area (Å²) in [7, 11) is 0. The summed E-state index contributed by atoms with van der Waals surface area (Å²) in [5.41, 5.74) is 1.37. The van der Waals surface area contributed by atoms with Crippen LogP contribution in [-0.2, 0) is 0 Å². The van der Waals surface area contributed by atoms with Crippen LogP contribution in [0.3, 0.4) is 0 Å². The fraction of sp³-hybridized carbons (Fsp3) is 0.529. The van der Waals surface area contributed by atoms with Gasteiger partial charge in [0.1, 0.15) is 17.9 Å². The molecular formula is C34H41ClN4O2. The molecule has 2 saturated heterocycles. The summed E-state index contributed by atoms with van der Waals surface area (Å²) >= 11 is 6.21. The zero-order valence-corrected chi connectivity index (χ0v) is 25.4. The Kier molecular flexibility index (Phi) is 8.67. The van der Waals surface area contributed by atoms with Gasteiger partial charge in [-0.15, -0.1) is 0 Å². The van der Waals surface area contributed by atoms with E-state index < -0.39 is 0 Å².